The summed E-state index contributed by atoms with van der Waals surface area (Å²) in [5, 5.41) is 13.0. The van der Waals surface area contributed by atoms with Gasteiger partial charge in [0.15, 0.2) is 11.8 Å². The Labute approximate surface area is 230 Å². The van der Waals surface area contributed by atoms with Crippen molar-refractivity contribution in [2.24, 2.45) is 11.7 Å². The highest BCUT2D eigenvalue weighted by Crippen LogP contribution is 2.51. The van der Waals surface area contributed by atoms with E-state index in [9.17, 15) is 28.4 Å². The Balaban J connectivity index is 2.01. The second-order valence-electron chi connectivity index (χ2n) is 8.94. The molecular formula is C24H28ClFN3O9P. The monoisotopic (exact) mass is 589 g/mol. The molecule has 0 saturated carbocycles. The second-order valence-corrected chi connectivity index (χ2v) is 11.1. The number of carbonyl (C=O) groups excluding carboxylic acids is 1. The van der Waals surface area contributed by atoms with Crippen LogP contribution in [0.4, 0.5) is 4.39 Å². The van der Waals surface area contributed by atoms with Crippen molar-refractivity contribution >= 4 is 25.2 Å². The molecule has 0 radical (unpaired) electrons. The van der Waals surface area contributed by atoms with E-state index in [4.69, 9.17) is 38.6 Å². The van der Waals surface area contributed by atoms with E-state index in [-0.39, 0.29) is 5.75 Å². The molecule has 3 rings (SSSR count). The van der Waals surface area contributed by atoms with Crippen LogP contribution in [-0.2, 0) is 23.4 Å². The number of nitrogens with two attached hydrogens (primary N) is 1. The SMILES string of the molecule is [2H]C([2H])(O[P@@](=O)(C[C@@H](C)C(=O)OC(C)C)Oc1ccccc1)[C@H]1O[C@@H](n2cc(F)c(=O)[nH]c2=O)C(N)(C#CCl)[C@H]1O. The number of nitrogens with zero attached hydrogens (tertiary/aromatic N) is 1. The minimum Gasteiger partial charge on any atom is -0.463 e. The van der Waals surface area contributed by atoms with Crippen LogP contribution in [0.15, 0.2) is 46.1 Å². The fourth-order valence-corrected chi connectivity index (χ4v) is 5.47. The minimum absolute atomic E-state index is 0.0123. The third-order valence-corrected chi connectivity index (χ3v) is 7.41. The molecule has 12 nitrogen and oxygen atoms in total. The van der Waals surface area contributed by atoms with E-state index >= 15 is 0 Å². The zero-order chi connectivity index (χ0) is 30.8. The molecule has 6 atom stereocenters. The number of aromatic amines is 1. The number of halogens is 2. The lowest BCUT2D eigenvalue weighted by Crippen LogP contribution is -2.55. The normalized spacial score (nSPS) is 26.0. The summed E-state index contributed by atoms with van der Waals surface area (Å²) in [4.78, 5) is 38.1. The maximum absolute atomic E-state index is 14.1. The molecule has 0 amide bonds. The van der Waals surface area contributed by atoms with Crippen molar-refractivity contribution < 1.29 is 40.1 Å². The summed E-state index contributed by atoms with van der Waals surface area (Å²) in [7, 11) is -4.61. The summed E-state index contributed by atoms with van der Waals surface area (Å²) in [6.07, 6.45) is -6.90. The van der Waals surface area contributed by atoms with E-state index in [1.165, 1.54) is 19.1 Å². The summed E-state index contributed by atoms with van der Waals surface area (Å²) < 4.78 is 67.2. The van der Waals surface area contributed by atoms with Crippen molar-refractivity contribution in [3.63, 3.8) is 0 Å². The molecule has 15 heteroatoms. The highest BCUT2D eigenvalue weighted by atomic mass is 35.5. The molecule has 1 fully saturated rings. The molecule has 4 N–H and O–H groups in total. The van der Waals surface area contributed by atoms with Gasteiger partial charge >= 0.3 is 19.3 Å². The van der Waals surface area contributed by atoms with Gasteiger partial charge in [-0.25, -0.2) is 9.36 Å². The molecule has 1 unspecified atom stereocenters. The Bertz CT molecular complexity index is 1500. The average Bonchev–Trinajstić information content (AvgIpc) is 3.12. The van der Waals surface area contributed by atoms with Crippen molar-refractivity contribution in [2.75, 3.05) is 12.7 Å². The molecule has 0 aliphatic carbocycles. The van der Waals surface area contributed by atoms with Gasteiger partial charge in [-0.2, -0.15) is 4.39 Å². The van der Waals surface area contributed by atoms with E-state index in [2.05, 4.69) is 5.92 Å². The van der Waals surface area contributed by atoms with Crippen molar-refractivity contribution in [1.82, 2.24) is 9.55 Å². The van der Waals surface area contributed by atoms with Crippen LogP contribution in [0.25, 0.3) is 0 Å². The molecule has 0 spiro atoms. The number of benzene rings is 1. The van der Waals surface area contributed by atoms with Gasteiger partial charge in [-0.15, -0.1) is 0 Å². The van der Waals surface area contributed by atoms with Gasteiger partial charge in [0.1, 0.15) is 18.0 Å². The van der Waals surface area contributed by atoms with Gasteiger partial charge in [-0.3, -0.25) is 23.7 Å². The van der Waals surface area contributed by atoms with E-state index < -0.39 is 79.3 Å². The second kappa shape index (κ2) is 12.5. The van der Waals surface area contributed by atoms with Gasteiger partial charge in [-0.1, -0.05) is 31.0 Å². The quantitative estimate of drug-likeness (QED) is 0.210. The first-order valence-electron chi connectivity index (χ1n) is 12.5. The largest absolute Gasteiger partial charge is 0.463 e. The zero-order valence-corrected chi connectivity index (χ0v) is 22.6. The van der Waals surface area contributed by atoms with Crippen molar-refractivity contribution in [3.8, 4) is 17.0 Å². The summed E-state index contributed by atoms with van der Waals surface area (Å²) in [6, 6.07) is 7.57. The fourth-order valence-electron chi connectivity index (χ4n) is 3.59. The summed E-state index contributed by atoms with van der Waals surface area (Å²) >= 11 is 5.51. The Kier molecular flexibility index (Phi) is 8.82. The number of aliphatic hydroxyl groups is 1. The Morgan fingerprint density at radius 1 is 1.38 bits per heavy atom. The third-order valence-electron chi connectivity index (χ3n) is 5.45. The lowest BCUT2D eigenvalue weighted by atomic mass is 9.92. The number of esters is 1. The van der Waals surface area contributed by atoms with Crippen LogP contribution in [-0.4, -0.2) is 57.2 Å². The van der Waals surface area contributed by atoms with Crippen LogP contribution in [0.5, 0.6) is 5.75 Å². The smallest absolute Gasteiger partial charge is 0.380 e. The van der Waals surface area contributed by atoms with Crippen LogP contribution in [0.3, 0.4) is 0 Å². The standard InChI is InChI=1S/C24H28ClFN3O9P/c1-14(2)36-21(32)15(3)13-39(34,38-16-7-5-4-6-8-16)35-12-18-19(30)24(27,9-10-25)22(37-18)29-11-17(26)20(31)28-23(29)33/h4-8,11,14-15,18-19,22,30H,12-13,27H2,1-3H3,(H,28,31,33)/t15-,18-,19+,22-,24?,39+/m1/s1/i12D2. The number of aliphatic hydroxyl groups excluding tert-OH is 1. The highest BCUT2D eigenvalue weighted by Gasteiger charge is 2.55. The fraction of sp³-hybridized carbons (Fsp3) is 0.458. The predicted octanol–water partition coefficient (Wildman–Crippen LogP) is 1.71. The van der Waals surface area contributed by atoms with Gasteiger partial charge in [0.25, 0.3) is 5.56 Å². The molecule has 212 valence electrons. The first kappa shape index (κ1) is 27.6. The Hall–Kier alpha value is -2.98. The molecule has 39 heavy (non-hydrogen) atoms. The number of para-hydroxylation sites is 1. The van der Waals surface area contributed by atoms with Gasteiger partial charge in [0, 0.05) is 5.38 Å². The Morgan fingerprint density at radius 3 is 2.67 bits per heavy atom. The van der Waals surface area contributed by atoms with Crippen LogP contribution >= 0.6 is 19.2 Å². The minimum atomic E-state index is -4.61. The Morgan fingerprint density at radius 2 is 2.05 bits per heavy atom. The van der Waals surface area contributed by atoms with Crippen LogP contribution < -0.4 is 21.5 Å². The number of H-pyrrole nitrogens is 1. The number of nitrogens with one attached hydrogen (secondary N) is 1. The first-order chi connectivity index (χ1) is 19.0. The van der Waals surface area contributed by atoms with E-state index in [0.29, 0.717) is 10.8 Å². The molecular weight excluding hydrogens is 560 g/mol. The van der Waals surface area contributed by atoms with Crippen molar-refractivity contribution in [1.29, 1.82) is 0 Å². The lowest BCUT2D eigenvalue weighted by molar-refractivity contribution is -0.151. The number of hydrogen-bond donors (Lipinski definition) is 3. The molecule has 1 aliphatic rings. The molecule has 1 aliphatic heterocycles. The van der Waals surface area contributed by atoms with Gasteiger partial charge in [0.2, 0.25) is 5.82 Å². The van der Waals surface area contributed by atoms with Crippen LogP contribution in [0.1, 0.15) is 29.7 Å². The van der Waals surface area contributed by atoms with Crippen molar-refractivity contribution in [2.45, 2.75) is 50.8 Å². The van der Waals surface area contributed by atoms with Crippen LogP contribution in [0.2, 0.25) is 0 Å². The lowest BCUT2D eigenvalue weighted by Gasteiger charge is -2.27. The molecule has 1 aromatic carbocycles. The number of rotatable bonds is 10. The van der Waals surface area contributed by atoms with E-state index in [1.54, 1.807) is 37.0 Å². The van der Waals surface area contributed by atoms with Gasteiger partial charge in [0.05, 0.1) is 33.7 Å². The molecule has 2 aromatic rings. The summed E-state index contributed by atoms with van der Waals surface area (Å²) in [5.41, 5.74) is 1.26. The molecule has 1 saturated heterocycles. The summed E-state index contributed by atoms with van der Waals surface area (Å²) in [5.74, 6) is -1.05. The maximum atomic E-state index is 14.1. The van der Waals surface area contributed by atoms with Crippen molar-refractivity contribution in [3.05, 3.63) is 63.2 Å². The first-order valence-corrected chi connectivity index (χ1v) is 13.6. The molecule has 2 heterocycles. The average molecular weight is 590 g/mol. The number of carbonyl (C=O) groups is 1. The maximum Gasteiger partial charge on any atom is 0.380 e. The third kappa shape index (κ3) is 7.16. The predicted molar refractivity (Wildman–Crippen MR) is 138 cm³/mol. The number of ether oxygens (including phenoxy) is 2. The number of hydrogen-bond acceptors (Lipinski definition) is 10. The van der Waals surface area contributed by atoms with E-state index in [0.717, 1.165) is 0 Å². The number of aromatic nitrogens is 2. The highest BCUT2D eigenvalue weighted by molar-refractivity contribution is 7.54. The summed E-state index contributed by atoms with van der Waals surface area (Å²) in [6.45, 7) is 1.39. The molecule has 0 bridgehead atoms. The van der Waals surface area contributed by atoms with Crippen LogP contribution in [0, 0.1) is 23.0 Å². The zero-order valence-electron chi connectivity index (χ0n) is 23.0. The van der Waals surface area contributed by atoms with E-state index in [1.807, 2.05) is 5.38 Å². The molecule has 1 aromatic heterocycles. The van der Waals surface area contributed by atoms with Gasteiger partial charge in [-0.05, 0) is 37.6 Å². The topological polar surface area (TPSA) is 172 Å². The van der Waals surface area contributed by atoms with Gasteiger partial charge < -0.3 is 24.8 Å².